The zero-order valence-corrected chi connectivity index (χ0v) is 14.7. The Morgan fingerprint density at radius 3 is 0.188 bits per heavy atom. The molecular weight excluding hydrogens is 344 g/mol. The molecule has 0 aliphatic carbocycles. The summed E-state index contributed by atoms with van der Waals surface area (Å²) in [5.41, 5.74) is 0. The van der Waals surface area contributed by atoms with Gasteiger partial charge in [0.05, 0.1) is 0 Å². The van der Waals surface area contributed by atoms with Crippen molar-refractivity contribution in [3.63, 3.8) is 0 Å². The molecule has 124 valence electrons. The number of rotatable bonds is 0. The number of hydrogen-bond donors (Lipinski definition) is 11. The van der Waals surface area contributed by atoms with Crippen LogP contribution in [0.5, 0.6) is 0 Å². The van der Waals surface area contributed by atoms with E-state index in [2.05, 4.69) is 0 Å². The predicted octanol–water partition coefficient (Wildman–Crippen LogP) is 3.47. The zero-order chi connectivity index (χ0) is 0. The first-order valence-electron chi connectivity index (χ1n) is 0. The zero-order valence-electron chi connectivity index (χ0n) is 9.91. The van der Waals surface area contributed by atoms with Crippen LogP contribution < -0.4 is 67.7 Å². The molecule has 0 aliphatic rings. The molecule has 0 aromatic rings. The molecule has 0 saturated heterocycles. The molecular formula is H37Cl4N11Ti. The van der Waals surface area contributed by atoms with Crippen molar-refractivity contribution in [1.29, 1.82) is 0 Å². The van der Waals surface area contributed by atoms with Gasteiger partial charge in [-0.3, -0.25) is 0 Å². The molecule has 0 fully saturated rings. The van der Waals surface area contributed by atoms with E-state index in [0.29, 0.717) is 0 Å². The van der Waals surface area contributed by atoms with Gasteiger partial charge in [-0.1, -0.05) is 0 Å². The van der Waals surface area contributed by atoms with Crippen LogP contribution in [0.3, 0.4) is 0 Å². The summed E-state index contributed by atoms with van der Waals surface area (Å²) >= 11 is 0. The fourth-order valence-corrected chi connectivity index (χ4v) is 0. The minimum Gasteiger partial charge on any atom is -0.344 e. The van der Waals surface area contributed by atoms with E-state index >= 15 is 0 Å². The Hall–Kier alpha value is 1.43. The quantitative estimate of drug-likeness (QED) is 0.269. The molecule has 0 aromatic carbocycles. The van der Waals surface area contributed by atoms with Crippen molar-refractivity contribution in [1.82, 2.24) is 67.7 Å². The van der Waals surface area contributed by atoms with Gasteiger partial charge in [-0.25, -0.2) is 0 Å². The number of hydrogen-bond acceptors (Lipinski definition) is 11. The Labute approximate surface area is 138 Å². The molecule has 0 bridgehead atoms. The van der Waals surface area contributed by atoms with Crippen LogP contribution in [0.15, 0.2) is 0 Å². The van der Waals surface area contributed by atoms with Crippen molar-refractivity contribution in [3.8, 4) is 0 Å². The van der Waals surface area contributed by atoms with Crippen LogP contribution in [0.4, 0.5) is 0 Å². The minimum atomic E-state index is 0. The van der Waals surface area contributed by atoms with Gasteiger partial charge in [-0.15, -0.1) is 49.6 Å². The Bertz CT molecular complexity index is 17.9. The average molecular weight is 381 g/mol. The van der Waals surface area contributed by atoms with Gasteiger partial charge in [-0.05, 0) is 0 Å². The first-order chi connectivity index (χ1) is 0. The van der Waals surface area contributed by atoms with Crippen molar-refractivity contribution in [3.05, 3.63) is 0 Å². The summed E-state index contributed by atoms with van der Waals surface area (Å²) in [6.07, 6.45) is 0. The van der Waals surface area contributed by atoms with E-state index in [9.17, 15) is 0 Å². The predicted molar refractivity (Wildman–Crippen MR) is 84.2 cm³/mol. The van der Waals surface area contributed by atoms with Gasteiger partial charge < -0.3 is 67.7 Å². The molecule has 0 radical (unpaired) electrons. The van der Waals surface area contributed by atoms with E-state index in [1.807, 2.05) is 0 Å². The van der Waals surface area contributed by atoms with E-state index in [-0.39, 0.29) is 139 Å². The molecule has 0 saturated carbocycles. The van der Waals surface area contributed by atoms with E-state index in [1.165, 1.54) is 0 Å². The first-order valence-corrected chi connectivity index (χ1v) is 0. The fraction of sp³-hybridized carbons (Fsp3) is 0. The smallest absolute Gasteiger partial charge is 0 e. The van der Waals surface area contributed by atoms with Crippen LogP contribution in [0.1, 0.15) is 0 Å². The van der Waals surface area contributed by atoms with Crippen LogP contribution in [0.25, 0.3) is 0 Å². The second-order valence-corrected chi connectivity index (χ2v) is 0. The summed E-state index contributed by atoms with van der Waals surface area (Å²) in [4.78, 5) is 0. The van der Waals surface area contributed by atoms with Gasteiger partial charge in [0.15, 0.2) is 0 Å². The van der Waals surface area contributed by atoms with Crippen molar-refractivity contribution < 1.29 is 21.7 Å². The fourth-order valence-electron chi connectivity index (χ4n) is 0. The average Bonchev–Trinajstić information content (AvgIpc) is 0. The normalized spacial score (nSPS) is 0. The molecule has 0 amide bonds. The van der Waals surface area contributed by atoms with Crippen molar-refractivity contribution >= 4 is 49.6 Å². The SMILES string of the molecule is Cl.Cl.Cl.Cl.N.N.N.N.N.N.N.N.N.N.N.[Ti]. The summed E-state index contributed by atoms with van der Waals surface area (Å²) in [5, 5.41) is 0. The molecule has 33 N–H and O–H groups in total. The summed E-state index contributed by atoms with van der Waals surface area (Å²) in [6.45, 7) is 0. The van der Waals surface area contributed by atoms with Crippen LogP contribution in [0.2, 0.25) is 0 Å². The van der Waals surface area contributed by atoms with Crippen LogP contribution in [0, 0.1) is 0 Å². The Morgan fingerprint density at radius 2 is 0.188 bits per heavy atom. The van der Waals surface area contributed by atoms with Crippen LogP contribution in [-0.4, -0.2) is 0 Å². The maximum absolute atomic E-state index is 0. The Balaban J connectivity index is 0. The summed E-state index contributed by atoms with van der Waals surface area (Å²) in [6, 6.07) is 0. The molecule has 0 heterocycles. The van der Waals surface area contributed by atoms with E-state index < -0.39 is 0 Å². The van der Waals surface area contributed by atoms with Crippen molar-refractivity contribution in [2.45, 2.75) is 0 Å². The molecule has 0 unspecified atom stereocenters. The topological polar surface area (TPSA) is 385 Å². The third kappa shape index (κ3) is 1560. The molecule has 16 heavy (non-hydrogen) atoms. The summed E-state index contributed by atoms with van der Waals surface area (Å²) in [5.74, 6) is 0. The Kier molecular flexibility index (Phi) is 272000. The first kappa shape index (κ1) is 2290. The monoisotopic (exact) mass is 379 g/mol. The van der Waals surface area contributed by atoms with Crippen LogP contribution >= 0.6 is 49.6 Å². The van der Waals surface area contributed by atoms with E-state index in [1.54, 1.807) is 0 Å². The van der Waals surface area contributed by atoms with Crippen LogP contribution in [-0.2, 0) is 21.7 Å². The van der Waals surface area contributed by atoms with Gasteiger partial charge in [0, 0.05) is 21.7 Å². The second-order valence-electron chi connectivity index (χ2n) is 0. The molecule has 0 spiro atoms. The van der Waals surface area contributed by atoms with Crippen molar-refractivity contribution in [2.24, 2.45) is 0 Å². The van der Waals surface area contributed by atoms with Crippen molar-refractivity contribution in [2.75, 3.05) is 0 Å². The molecule has 0 aliphatic heterocycles. The molecule has 0 aromatic heterocycles. The maximum Gasteiger partial charge on any atom is 0 e. The maximum atomic E-state index is 0. The number of halogens is 4. The minimum absolute atomic E-state index is 0. The van der Waals surface area contributed by atoms with Gasteiger partial charge in [0.1, 0.15) is 0 Å². The standard InChI is InChI=1S/4ClH.11H3N.Ti/h4*1H;11*1H3;. The Morgan fingerprint density at radius 1 is 0.188 bits per heavy atom. The molecule has 16 heteroatoms. The van der Waals surface area contributed by atoms with E-state index in [0.717, 1.165) is 0 Å². The molecule has 0 atom stereocenters. The molecule has 11 nitrogen and oxygen atoms in total. The van der Waals surface area contributed by atoms with Gasteiger partial charge in [0.2, 0.25) is 0 Å². The van der Waals surface area contributed by atoms with E-state index in [4.69, 9.17) is 0 Å². The summed E-state index contributed by atoms with van der Waals surface area (Å²) in [7, 11) is 0. The third-order valence-electron chi connectivity index (χ3n) is 0. The van der Waals surface area contributed by atoms with Gasteiger partial charge in [0.25, 0.3) is 0 Å². The van der Waals surface area contributed by atoms with Gasteiger partial charge >= 0.3 is 0 Å². The summed E-state index contributed by atoms with van der Waals surface area (Å²) < 4.78 is 0. The largest absolute Gasteiger partial charge is 0.344 e. The molecule has 0 rings (SSSR count). The van der Waals surface area contributed by atoms with Gasteiger partial charge in [-0.2, -0.15) is 0 Å². The third-order valence-corrected chi connectivity index (χ3v) is 0. The second kappa shape index (κ2) is 1900.